The van der Waals surface area contributed by atoms with E-state index in [4.69, 9.17) is 48.1 Å². The van der Waals surface area contributed by atoms with Crippen LogP contribution in [-0.4, -0.2) is 44.4 Å². The number of aromatic nitrogens is 2. The van der Waals surface area contributed by atoms with Crippen LogP contribution in [0.2, 0.25) is 10.0 Å². The standard InChI is InChI=1S/C19H20Cl2N4O3/c1-26-5-4-23-19-11-7-15(22)24-9-10(11)6-12(25-19)16-17(20)13(27-2)8-14(28-3)18(16)21/h6-9H,4-5H2,1-3H3,(H2,22,24)(H,23,25). The summed E-state index contributed by atoms with van der Waals surface area (Å²) in [6.45, 7) is 1.08. The molecule has 3 rings (SSSR count). The third-order valence-electron chi connectivity index (χ3n) is 4.16. The van der Waals surface area contributed by atoms with Gasteiger partial charge in [-0.2, -0.15) is 0 Å². The third kappa shape index (κ3) is 3.87. The summed E-state index contributed by atoms with van der Waals surface area (Å²) in [5, 5.41) is 5.59. The number of rotatable bonds is 7. The minimum atomic E-state index is 0.339. The van der Waals surface area contributed by atoms with Crippen molar-refractivity contribution in [2.75, 3.05) is 45.5 Å². The monoisotopic (exact) mass is 422 g/mol. The fraction of sp³-hybridized carbons (Fsp3) is 0.263. The summed E-state index contributed by atoms with van der Waals surface area (Å²) < 4.78 is 15.8. The minimum absolute atomic E-state index is 0.339. The van der Waals surface area contributed by atoms with Crippen molar-refractivity contribution in [2.45, 2.75) is 0 Å². The molecule has 0 fully saturated rings. The Hall–Kier alpha value is -2.48. The molecule has 148 valence electrons. The topological polar surface area (TPSA) is 91.5 Å². The summed E-state index contributed by atoms with van der Waals surface area (Å²) in [4.78, 5) is 8.90. The largest absolute Gasteiger partial charge is 0.495 e. The van der Waals surface area contributed by atoms with E-state index in [1.165, 1.54) is 14.2 Å². The van der Waals surface area contributed by atoms with E-state index in [0.29, 0.717) is 57.6 Å². The van der Waals surface area contributed by atoms with Crippen LogP contribution < -0.4 is 20.5 Å². The Kier molecular flexibility index (Phi) is 6.28. The van der Waals surface area contributed by atoms with E-state index in [-0.39, 0.29) is 0 Å². The highest BCUT2D eigenvalue weighted by Gasteiger charge is 2.21. The van der Waals surface area contributed by atoms with Crippen LogP contribution in [0.5, 0.6) is 11.5 Å². The van der Waals surface area contributed by atoms with Gasteiger partial charge in [-0.15, -0.1) is 0 Å². The highest BCUT2D eigenvalue weighted by atomic mass is 35.5. The average Bonchev–Trinajstić information content (AvgIpc) is 2.69. The van der Waals surface area contributed by atoms with Crippen LogP contribution in [0.1, 0.15) is 0 Å². The second kappa shape index (κ2) is 8.68. The van der Waals surface area contributed by atoms with Gasteiger partial charge in [-0.05, 0) is 12.1 Å². The number of benzene rings is 1. The number of hydrogen-bond acceptors (Lipinski definition) is 7. The number of ether oxygens (including phenoxy) is 3. The molecule has 0 aliphatic rings. The zero-order valence-electron chi connectivity index (χ0n) is 15.7. The number of nitrogens with one attached hydrogen (secondary N) is 1. The summed E-state index contributed by atoms with van der Waals surface area (Å²) >= 11 is 13.1. The molecule has 0 spiro atoms. The van der Waals surface area contributed by atoms with Crippen LogP contribution in [-0.2, 0) is 4.74 Å². The number of halogens is 2. The van der Waals surface area contributed by atoms with Crippen molar-refractivity contribution >= 4 is 45.6 Å². The SMILES string of the molecule is COCCNc1nc(-c2c(Cl)c(OC)cc(OC)c2Cl)cc2cnc(N)cc12. The van der Waals surface area contributed by atoms with Crippen molar-refractivity contribution in [1.82, 2.24) is 9.97 Å². The normalized spacial score (nSPS) is 10.9. The first-order valence-corrected chi connectivity index (χ1v) is 9.15. The van der Waals surface area contributed by atoms with Gasteiger partial charge in [0.25, 0.3) is 0 Å². The summed E-state index contributed by atoms with van der Waals surface area (Å²) in [6, 6.07) is 5.24. The van der Waals surface area contributed by atoms with Gasteiger partial charge in [-0.1, -0.05) is 23.2 Å². The highest BCUT2D eigenvalue weighted by molar-refractivity contribution is 6.41. The summed E-state index contributed by atoms with van der Waals surface area (Å²) in [7, 11) is 4.68. The van der Waals surface area contributed by atoms with E-state index in [1.54, 1.807) is 25.4 Å². The van der Waals surface area contributed by atoms with E-state index < -0.39 is 0 Å². The quantitative estimate of drug-likeness (QED) is 0.549. The number of anilines is 2. The van der Waals surface area contributed by atoms with Crippen molar-refractivity contribution in [1.29, 1.82) is 0 Å². The highest BCUT2D eigenvalue weighted by Crippen LogP contribution is 2.46. The van der Waals surface area contributed by atoms with Gasteiger partial charge in [0.2, 0.25) is 0 Å². The number of nitrogens with zero attached hydrogens (tertiary/aromatic N) is 2. The van der Waals surface area contributed by atoms with E-state index in [0.717, 1.165) is 10.8 Å². The molecule has 0 aliphatic heterocycles. The molecule has 0 radical (unpaired) electrons. The maximum atomic E-state index is 6.55. The van der Waals surface area contributed by atoms with Crippen LogP contribution in [0, 0.1) is 0 Å². The lowest BCUT2D eigenvalue weighted by molar-refractivity contribution is 0.210. The Morgan fingerprint density at radius 2 is 1.71 bits per heavy atom. The zero-order valence-corrected chi connectivity index (χ0v) is 17.2. The molecule has 0 aliphatic carbocycles. The zero-order chi connectivity index (χ0) is 20.3. The summed E-state index contributed by atoms with van der Waals surface area (Å²) in [5.74, 6) is 1.89. The maximum absolute atomic E-state index is 6.55. The van der Waals surface area contributed by atoms with Crippen molar-refractivity contribution in [2.24, 2.45) is 0 Å². The molecule has 3 N–H and O–H groups in total. The van der Waals surface area contributed by atoms with Crippen molar-refractivity contribution < 1.29 is 14.2 Å². The predicted molar refractivity (Wildman–Crippen MR) is 113 cm³/mol. The Morgan fingerprint density at radius 1 is 1.04 bits per heavy atom. The van der Waals surface area contributed by atoms with Gasteiger partial charge in [0.1, 0.15) is 23.1 Å². The Balaban J connectivity index is 2.25. The average molecular weight is 423 g/mol. The second-order valence-corrected chi connectivity index (χ2v) is 6.65. The molecule has 0 unspecified atom stereocenters. The molecule has 28 heavy (non-hydrogen) atoms. The van der Waals surface area contributed by atoms with Crippen molar-refractivity contribution in [3.8, 4) is 22.8 Å². The molecule has 7 nitrogen and oxygen atoms in total. The number of nitrogen functional groups attached to an aromatic ring is 1. The first-order chi connectivity index (χ1) is 13.5. The number of fused-ring (bicyclic) bond motifs is 1. The Labute approximate surface area is 172 Å². The van der Waals surface area contributed by atoms with E-state index >= 15 is 0 Å². The van der Waals surface area contributed by atoms with Crippen LogP contribution in [0.15, 0.2) is 24.4 Å². The van der Waals surface area contributed by atoms with Crippen LogP contribution in [0.3, 0.4) is 0 Å². The first kappa shape index (κ1) is 20.3. The third-order valence-corrected chi connectivity index (χ3v) is 4.91. The Morgan fingerprint density at radius 3 is 2.32 bits per heavy atom. The summed E-state index contributed by atoms with van der Waals surface area (Å²) in [5.41, 5.74) is 6.91. The first-order valence-electron chi connectivity index (χ1n) is 8.39. The van der Waals surface area contributed by atoms with Crippen LogP contribution >= 0.6 is 23.2 Å². The fourth-order valence-corrected chi connectivity index (χ4v) is 3.50. The maximum Gasteiger partial charge on any atom is 0.141 e. The van der Waals surface area contributed by atoms with Gasteiger partial charge in [0.15, 0.2) is 0 Å². The molecule has 0 bridgehead atoms. The second-order valence-electron chi connectivity index (χ2n) is 5.89. The van der Waals surface area contributed by atoms with Gasteiger partial charge < -0.3 is 25.3 Å². The number of nitrogens with two attached hydrogens (primary N) is 1. The van der Waals surface area contributed by atoms with E-state index in [1.807, 2.05) is 6.07 Å². The fourth-order valence-electron chi connectivity index (χ4n) is 2.81. The van der Waals surface area contributed by atoms with Gasteiger partial charge in [-0.25, -0.2) is 9.97 Å². The molecular weight excluding hydrogens is 403 g/mol. The van der Waals surface area contributed by atoms with Gasteiger partial charge in [0, 0.05) is 42.3 Å². The van der Waals surface area contributed by atoms with E-state index in [2.05, 4.69) is 10.3 Å². The van der Waals surface area contributed by atoms with Crippen molar-refractivity contribution in [3.05, 3.63) is 34.4 Å². The smallest absolute Gasteiger partial charge is 0.141 e. The van der Waals surface area contributed by atoms with E-state index in [9.17, 15) is 0 Å². The number of hydrogen-bond donors (Lipinski definition) is 2. The molecule has 1 aromatic carbocycles. The number of pyridine rings is 2. The number of methoxy groups -OCH3 is 3. The molecule has 0 saturated carbocycles. The predicted octanol–water partition coefficient (Wildman–Crippen LogP) is 4.26. The molecular formula is C19H20Cl2N4O3. The van der Waals surface area contributed by atoms with Crippen LogP contribution in [0.25, 0.3) is 22.0 Å². The molecule has 3 aromatic rings. The molecule has 9 heteroatoms. The lowest BCUT2D eigenvalue weighted by Crippen LogP contribution is -2.10. The molecule has 0 saturated heterocycles. The van der Waals surface area contributed by atoms with Gasteiger partial charge in [-0.3, -0.25) is 0 Å². The van der Waals surface area contributed by atoms with Gasteiger partial charge in [0.05, 0.1) is 36.6 Å². The lowest BCUT2D eigenvalue weighted by atomic mass is 10.1. The minimum Gasteiger partial charge on any atom is -0.495 e. The Bertz CT molecular complexity index is 986. The van der Waals surface area contributed by atoms with Crippen molar-refractivity contribution in [3.63, 3.8) is 0 Å². The molecule has 2 heterocycles. The van der Waals surface area contributed by atoms with Gasteiger partial charge >= 0.3 is 0 Å². The molecule has 2 aromatic heterocycles. The lowest BCUT2D eigenvalue weighted by Gasteiger charge is -2.16. The van der Waals surface area contributed by atoms with Crippen LogP contribution in [0.4, 0.5) is 11.6 Å². The molecule has 0 amide bonds. The molecule has 0 atom stereocenters. The summed E-state index contributed by atoms with van der Waals surface area (Å²) in [6.07, 6.45) is 1.68.